The number of rotatable bonds is 1. The summed E-state index contributed by atoms with van der Waals surface area (Å²) in [4.78, 5) is 0. The van der Waals surface area contributed by atoms with Gasteiger partial charge in [0.15, 0.2) is 0 Å². The second kappa shape index (κ2) is 5.88. The minimum absolute atomic E-state index is 1.08. The van der Waals surface area contributed by atoms with Crippen LogP contribution in [0, 0.1) is 6.92 Å². The quantitative estimate of drug-likeness (QED) is 0.472. The molecular formula is C19H22. The first-order chi connectivity index (χ1) is 9.33. The molecule has 0 spiro atoms. The van der Waals surface area contributed by atoms with Crippen molar-refractivity contribution in [3.63, 3.8) is 0 Å². The summed E-state index contributed by atoms with van der Waals surface area (Å²) >= 11 is 0. The maximum absolute atomic E-state index is 2.24. The smallest absolute Gasteiger partial charge is 0.0143 e. The lowest BCUT2D eigenvalue weighted by molar-refractivity contribution is 1.18. The highest BCUT2D eigenvalue weighted by atomic mass is 14.1. The van der Waals surface area contributed by atoms with Gasteiger partial charge in [0, 0.05) is 0 Å². The van der Waals surface area contributed by atoms with Crippen molar-refractivity contribution in [3.05, 3.63) is 59.7 Å². The molecule has 0 aliphatic carbocycles. The Kier molecular flexibility index (Phi) is 4.21. The van der Waals surface area contributed by atoms with Gasteiger partial charge in [0.05, 0.1) is 0 Å². The van der Waals surface area contributed by atoms with Crippen LogP contribution in [0.25, 0.3) is 21.5 Å². The van der Waals surface area contributed by atoms with E-state index in [1.165, 1.54) is 32.7 Å². The van der Waals surface area contributed by atoms with Crippen molar-refractivity contribution >= 4 is 21.5 Å². The summed E-state index contributed by atoms with van der Waals surface area (Å²) in [6.07, 6.45) is 1.08. The third-order valence-electron chi connectivity index (χ3n) is 3.67. The van der Waals surface area contributed by atoms with Crippen molar-refractivity contribution in [2.75, 3.05) is 0 Å². The number of hydrogen-bond acceptors (Lipinski definition) is 0. The molecule has 0 radical (unpaired) electrons. The molecule has 0 amide bonds. The lowest BCUT2D eigenvalue weighted by Gasteiger charge is -2.13. The van der Waals surface area contributed by atoms with Crippen LogP contribution >= 0.6 is 0 Å². The lowest BCUT2D eigenvalue weighted by atomic mass is 9.91. The van der Waals surface area contributed by atoms with Gasteiger partial charge in [-0.2, -0.15) is 0 Å². The Morgan fingerprint density at radius 1 is 0.684 bits per heavy atom. The van der Waals surface area contributed by atoms with Crippen LogP contribution in [0.2, 0.25) is 0 Å². The maximum atomic E-state index is 2.24. The minimum atomic E-state index is 1.08. The predicted molar refractivity (Wildman–Crippen MR) is 86.9 cm³/mol. The fraction of sp³-hybridized carbons (Fsp3) is 0.263. The third kappa shape index (κ3) is 2.23. The van der Waals surface area contributed by atoms with Gasteiger partial charge in [-0.25, -0.2) is 0 Å². The zero-order chi connectivity index (χ0) is 13.8. The van der Waals surface area contributed by atoms with E-state index in [1.807, 2.05) is 13.8 Å². The minimum Gasteiger partial charge on any atom is -0.0683 e. The first kappa shape index (κ1) is 13.6. The molecule has 0 aromatic heterocycles. The number of aryl methyl sites for hydroxylation is 2. The summed E-state index contributed by atoms with van der Waals surface area (Å²) < 4.78 is 0. The topological polar surface area (TPSA) is 0 Å². The Hall–Kier alpha value is -1.82. The Morgan fingerprint density at radius 2 is 1.05 bits per heavy atom. The highest BCUT2D eigenvalue weighted by Crippen LogP contribution is 2.32. The molecule has 0 aliphatic heterocycles. The molecule has 0 nitrogen and oxygen atoms in total. The van der Waals surface area contributed by atoms with Crippen LogP contribution < -0.4 is 0 Å². The summed E-state index contributed by atoms with van der Waals surface area (Å²) in [6, 6.07) is 17.5. The first-order valence-electron chi connectivity index (χ1n) is 7.22. The predicted octanol–water partition coefficient (Wildman–Crippen LogP) is 5.89. The van der Waals surface area contributed by atoms with E-state index in [0.717, 1.165) is 6.42 Å². The van der Waals surface area contributed by atoms with Gasteiger partial charge < -0.3 is 0 Å². The molecule has 0 fully saturated rings. The van der Waals surface area contributed by atoms with E-state index < -0.39 is 0 Å². The van der Waals surface area contributed by atoms with Gasteiger partial charge in [-0.3, -0.25) is 0 Å². The highest BCUT2D eigenvalue weighted by Gasteiger charge is 2.08. The van der Waals surface area contributed by atoms with Crippen molar-refractivity contribution in [2.45, 2.75) is 34.1 Å². The largest absolute Gasteiger partial charge is 0.0683 e. The molecule has 0 heteroatoms. The van der Waals surface area contributed by atoms with Crippen molar-refractivity contribution in [1.82, 2.24) is 0 Å². The number of fused-ring (bicyclic) bond motifs is 2. The van der Waals surface area contributed by atoms with Crippen LogP contribution in [0.15, 0.2) is 48.5 Å². The fourth-order valence-electron chi connectivity index (χ4n) is 2.82. The monoisotopic (exact) mass is 250 g/mol. The Bertz CT molecular complexity index is 636. The fourth-order valence-corrected chi connectivity index (χ4v) is 2.82. The summed E-state index contributed by atoms with van der Waals surface area (Å²) in [7, 11) is 0. The standard InChI is InChI=1S/C17H16.C2H6/c1-3-13-16-10-6-4-8-14(16)12(2)15-9-5-7-11-17(13)15;1-2/h4-11H,3H2,1-2H3;1-2H3. The summed E-state index contributed by atoms with van der Waals surface area (Å²) in [6.45, 7) is 8.47. The molecule has 0 heterocycles. The van der Waals surface area contributed by atoms with Crippen LogP contribution in [0.5, 0.6) is 0 Å². The Morgan fingerprint density at radius 3 is 1.42 bits per heavy atom. The Labute approximate surface area is 116 Å². The molecule has 0 bridgehead atoms. The van der Waals surface area contributed by atoms with Gasteiger partial charge in [0.25, 0.3) is 0 Å². The van der Waals surface area contributed by atoms with Crippen molar-refractivity contribution < 1.29 is 0 Å². The van der Waals surface area contributed by atoms with Gasteiger partial charge in [-0.05, 0) is 46.0 Å². The lowest BCUT2D eigenvalue weighted by Crippen LogP contribution is -1.90. The molecule has 0 saturated heterocycles. The van der Waals surface area contributed by atoms with E-state index in [-0.39, 0.29) is 0 Å². The first-order valence-corrected chi connectivity index (χ1v) is 7.22. The van der Waals surface area contributed by atoms with Crippen molar-refractivity contribution in [3.8, 4) is 0 Å². The summed E-state index contributed by atoms with van der Waals surface area (Å²) in [5.74, 6) is 0. The van der Waals surface area contributed by atoms with Gasteiger partial charge in [-0.15, -0.1) is 0 Å². The molecule has 19 heavy (non-hydrogen) atoms. The van der Waals surface area contributed by atoms with E-state index >= 15 is 0 Å². The molecule has 0 unspecified atom stereocenters. The molecule has 3 aromatic rings. The van der Waals surface area contributed by atoms with Gasteiger partial charge in [-0.1, -0.05) is 69.3 Å². The van der Waals surface area contributed by atoms with E-state index in [1.54, 1.807) is 0 Å². The van der Waals surface area contributed by atoms with Gasteiger partial charge in [0.1, 0.15) is 0 Å². The van der Waals surface area contributed by atoms with E-state index in [9.17, 15) is 0 Å². The normalized spacial score (nSPS) is 10.3. The van der Waals surface area contributed by atoms with Crippen LogP contribution in [-0.4, -0.2) is 0 Å². The molecule has 3 aromatic carbocycles. The molecule has 0 atom stereocenters. The molecule has 3 rings (SSSR count). The van der Waals surface area contributed by atoms with Crippen LogP contribution in [0.3, 0.4) is 0 Å². The van der Waals surface area contributed by atoms with Gasteiger partial charge >= 0.3 is 0 Å². The SMILES string of the molecule is CC.CCc1c2ccccc2c(C)c2ccccc12. The zero-order valence-corrected chi connectivity index (χ0v) is 12.3. The molecule has 0 saturated carbocycles. The highest BCUT2D eigenvalue weighted by molar-refractivity contribution is 6.05. The summed E-state index contributed by atoms with van der Waals surface area (Å²) in [5.41, 5.74) is 2.87. The van der Waals surface area contributed by atoms with E-state index in [2.05, 4.69) is 62.4 Å². The Balaban J connectivity index is 0.000000637. The third-order valence-corrected chi connectivity index (χ3v) is 3.67. The van der Waals surface area contributed by atoms with E-state index in [0.29, 0.717) is 0 Å². The zero-order valence-electron chi connectivity index (χ0n) is 12.3. The van der Waals surface area contributed by atoms with Crippen LogP contribution in [0.1, 0.15) is 31.9 Å². The van der Waals surface area contributed by atoms with Crippen molar-refractivity contribution in [1.29, 1.82) is 0 Å². The van der Waals surface area contributed by atoms with Crippen LogP contribution in [0.4, 0.5) is 0 Å². The number of hydrogen-bond donors (Lipinski definition) is 0. The second-order valence-corrected chi connectivity index (χ2v) is 4.55. The number of benzene rings is 3. The average molecular weight is 250 g/mol. The van der Waals surface area contributed by atoms with Crippen LogP contribution in [-0.2, 0) is 6.42 Å². The summed E-state index contributed by atoms with van der Waals surface area (Å²) in [5, 5.41) is 5.60. The van der Waals surface area contributed by atoms with Crippen molar-refractivity contribution in [2.24, 2.45) is 0 Å². The molecule has 0 N–H and O–H groups in total. The molecule has 0 aliphatic rings. The van der Waals surface area contributed by atoms with Gasteiger partial charge in [0.2, 0.25) is 0 Å². The second-order valence-electron chi connectivity index (χ2n) is 4.55. The average Bonchev–Trinajstić information content (AvgIpc) is 2.50. The van der Waals surface area contributed by atoms with E-state index in [4.69, 9.17) is 0 Å². The molecule has 98 valence electrons. The molecular weight excluding hydrogens is 228 g/mol. The maximum Gasteiger partial charge on any atom is -0.0143 e.